The molecular formula is C12H17N5OS. The molecule has 3 heterocycles. The maximum absolute atomic E-state index is 12.4. The van der Waals surface area contributed by atoms with Crippen molar-refractivity contribution in [3.05, 3.63) is 16.9 Å². The lowest BCUT2D eigenvalue weighted by molar-refractivity contribution is 0.0879. The average Bonchev–Trinajstić information content (AvgIpc) is 2.96. The van der Waals surface area contributed by atoms with Crippen molar-refractivity contribution in [1.82, 2.24) is 24.4 Å². The Morgan fingerprint density at radius 2 is 2.11 bits per heavy atom. The Kier molecular flexibility index (Phi) is 3.34. The number of piperazine rings is 1. The molecule has 1 aliphatic rings. The van der Waals surface area contributed by atoms with Crippen molar-refractivity contribution in [2.24, 2.45) is 0 Å². The van der Waals surface area contributed by atoms with E-state index >= 15 is 0 Å². The van der Waals surface area contributed by atoms with E-state index in [1.807, 2.05) is 6.92 Å². The van der Waals surface area contributed by atoms with E-state index in [1.165, 1.54) is 17.7 Å². The number of carbonyl (C=O) groups is 1. The SMILES string of the molecule is Cc1c(C(=O)CN2CCN(C)CC2)sc2ncnn12. The van der Waals surface area contributed by atoms with E-state index in [4.69, 9.17) is 0 Å². The lowest BCUT2D eigenvalue weighted by Gasteiger charge is -2.31. The highest BCUT2D eigenvalue weighted by Crippen LogP contribution is 2.21. The molecule has 6 nitrogen and oxygen atoms in total. The van der Waals surface area contributed by atoms with Gasteiger partial charge < -0.3 is 4.90 Å². The first-order chi connectivity index (χ1) is 9.15. The summed E-state index contributed by atoms with van der Waals surface area (Å²) in [7, 11) is 2.11. The molecule has 2 aromatic heterocycles. The minimum atomic E-state index is 0.180. The average molecular weight is 279 g/mol. The number of hydrogen-bond donors (Lipinski definition) is 0. The van der Waals surface area contributed by atoms with Crippen LogP contribution in [-0.4, -0.2) is 70.0 Å². The van der Waals surface area contributed by atoms with Crippen molar-refractivity contribution in [3.8, 4) is 0 Å². The Bertz CT molecular complexity index is 596. The molecule has 1 saturated heterocycles. The highest BCUT2D eigenvalue weighted by atomic mass is 32.1. The van der Waals surface area contributed by atoms with E-state index in [2.05, 4.69) is 26.9 Å². The summed E-state index contributed by atoms with van der Waals surface area (Å²) in [4.78, 5) is 22.6. The smallest absolute Gasteiger partial charge is 0.212 e. The van der Waals surface area contributed by atoms with Crippen molar-refractivity contribution >= 4 is 22.1 Å². The van der Waals surface area contributed by atoms with E-state index in [9.17, 15) is 4.79 Å². The number of aromatic nitrogens is 3. The van der Waals surface area contributed by atoms with Gasteiger partial charge in [0.25, 0.3) is 0 Å². The first kappa shape index (κ1) is 12.7. The number of ketones is 1. The number of hydrogen-bond acceptors (Lipinski definition) is 6. The zero-order valence-electron chi connectivity index (χ0n) is 11.2. The van der Waals surface area contributed by atoms with Crippen LogP contribution in [0.3, 0.4) is 0 Å². The lowest BCUT2D eigenvalue weighted by atomic mass is 10.2. The van der Waals surface area contributed by atoms with Gasteiger partial charge in [-0.05, 0) is 14.0 Å². The fourth-order valence-corrected chi connectivity index (χ4v) is 3.30. The van der Waals surface area contributed by atoms with Crippen LogP contribution in [0.4, 0.5) is 0 Å². The number of thiazole rings is 1. The minimum absolute atomic E-state index is 0.180. The quantitative estimate of drug-likeness (QED) is 0.767. The summed E-state index contributed by atoms with van der Waals surface area (Å²) in [6, 6.07) is 0. The van der Waals surface area contributed by atoms with Gasteiger partial charge in [0.15, 0.2) is 5.78 Å². The molecule has 0 spiro atoms. The molecule has 1 aliphatic heterocycles. The van der Waals surface area contributed by atoms with Gasteiger partial charge in [-0.1, -0.05) is 11.3 Å². The molecule has 0 aromatic carbocycles. The summed E-state index contributed by atoms with van der Waals surface area (Å²) in [5, 5.41) is 4.12. The van der Waals surface area contributed by atoms with E-state index in [-0.39, 0.29) is 5.78 Å². The molecule has 0 unspecified atom stereocenters. The number of nitrogens with zero attached hydrogens (tertiary/aromatic N) is 5. The third-order valence-corrected chi connectivity index (χ3v) is 4.76. The molecule has 102 valence electrons. The van der Waals surface area contributed by atoms with Crippen molar-refractivity contribution < 1.29 is 4.79 Å². The summed E-state index contributed by atoms with van der Waals surface area (Å²) in [6.07, 6.45) is 1.52. The Morgan fingerprint density at radius 3 is 2.79 bits per heavy atom. The van der Waals surface area contributed by atoms with Gasteiger partial charge in [-0.3, -0.25) is 9.69 Å². The third-order valence-electron chi connectivity index (χ3n) is 3.57. The molecule has 2 aromatic rings. The molecule has 19 heavy (non-hydrogen) atoms. The van der Waals surface area contributed by atoms with Crippen molar-refractivity contribution in [2.45, 2.75) is 6.92 Å². The van der Waals surface area contributed by atoms with Crippen LogP contribution in [0.2, 0.25) is 0 Å². The normalized spacial score (nSPS) is 18.2. The topological polar surface area (TPSA) is 53.7 Å². The summed E-state index contributed by atoms with van der Waals surface area (Å²) in [6.45, 7) is 6.40. The summed E-state index contributed by atoms with van der Waals surface area (Å²) >= 11 is 1.43. The lowest BCUT2D eigenvalue weighted by Crippen LogP contribution is -2.46. The van der Waals surface area contributed by atoms with Crippen molar-refractivity contribution in [3.63, 3.8) is 0 Å². The van der Waals surface area contributed by atoms with Crippen LogP contribution < -0.4 is 0 Å². The second kappa shape index (κ2) is 4.99. The number of Topliss-reactive ketones (excluding diaryl/α,β-unsaturated/α-hetero) is 1. The Hall–Kier alpha value is -1.31. The standard InChI is InChI=1S/C12H17N5OS/c1-9-11(19-12-13-8-14-17(9)12)10(18)7-16-5-3-15(2)4-6-16/h8H,3-7H2,1-2H3. The predicted molar refractivity (Wildman–Crippen MR) is 73.9 cm³/mol. The predicted octanol–water partition coefficient (Wildman–Crippen LogP) is 0.529. The van der Waals surface area contributed by atoms with Gasteiger partial charge in [-0.25, -0.2) is 9.50 Å². The van der Waals surface area contributed by atoms with E-state index in [0.29, 0.717) is 6.54 Å². The van der Waals surface area contributed by atoms with Gasteiger partial charge in [-0.2, -0.15) is 5.10 Å². The molecule has 0 aliphatic carbocycles. The van der Waals surface area contributed by atoms with Crippen LogP contribution in [0, 0.1) is 6.92 Å². The van der Waals surface area contributed by atoms with Crippen LogP contribution in [0.15, 0.2) is 6.33 Å². The number of carbonyl (C=O) groups excluding carboxylic acids is 1. The molecule has 0 saturated carbocycles. The number of fused-ring (bicyclic) bond motifs is 1. The Labute approximate surface area is 115 Å². The molecule has 0 amide bonds. The molecule has 3 rings (SSSR count). The fraction of sp³-hybridized carbons (Fsp3) is 0.583. The summed E-state index contributed by atoms with van der Waals surface area (Å²) < 4.78 is 1.74. The van der Waals surface area contributed by atoms with E-state index in [0.717, 1.165) is 41.7 Å². The molecule has 0 N–H and O–H groups in total. The Morgan fingerprint density at radius 1 is 1.37 bits per heavy atom. The Balaban J connectivity index is 1.73. The molecule has 0 radical (unpaired) electrons. The molecule has 0 bridgehead atoms. The van der Waals surface area contributed by atoms with Crippen LogP contribution in [-0.2, 0) is 0 Å². The van der Waals surface area contributed by atoms with Crippen LogP contribution >= 0.6 is 11.3 Å². The zero-order valence-corrected chi connectivity index (χ0v) is 12.0. The fourth-order valence-electron chi connectivity index (χ4n) is 2.33. The van der Waals surface area contributed by atoms with Gasteiger partial charge in [0.1, 0.15) is 6.33 Å². The van der Waals surface area contributed by atoms with Crippen LogP contribution in [0.1, 0.15) is 15.4 Å². The summed E-state index contributed by atoms with van der Waals surface area (Å²) in [5.74, 6) is 0.180. The van der Waals surface area contributed by atoms with Gasteiger partial charge in [0.05, 0.1) is 17.1 Å². The second-order valence-corrected chi connectivity index (χ2v) is 5.95. The maximum atomic E-state index is 12.4. The highest BCUT2D eigenvalue weighted by Gasteiger charge is 2.21. The number of rotatable bonds is 3. The van der Waals surface area contributed by atoms with Gasteiger partial charge in [-0.15, -0.1) is 0 Å². The van der Waals surface area contributed by atoms with Crippen LogP contribution in [0.25, 0.3) is 4.96 Å². The van der Waals surface area contributed by atoms with Crippen molar-refractivity contribution in [2.75, 3.05) is 39.8 Å². The largest absolute Gasteiger partial charge is 0.304 e. The zero-order chi connectivity index (χ0) is 13.4. The molecule has 7 heteroatoms. The minimum Gasteiger partial charge on any atom is -0.304 e. The molecule has 0 atom stereocenters. The first-order valence-electron chi connectivity index (χ1n) is 6.38. The second-order valence-electron chi connectivity index (χ2n) is 4.97. The maximum Gasteiger partial charge on any atom is 0.212 e. The first-order valence-corrected chi connectivity index (χ1v) is 7.20. The number of aryl methyl sites for hydroxylation is 1. The van der Waals surface area contributed by atoms with Gasteiger partial charge in [0.2, 0.25) is 4.96 Å². The molecular weight excluding hydrogens is 262 g/mol. The van der Waals surface area contributed by atoms with E-state index in [1.54, 1.807) is 4.52 Å². The third kappa shape index (κ3) is 2.41. The highest BCUT2D eigenvalue weighted by molar-refractivity contribution is 7.19. The molecule has 1 fully saturated rings. The van der Waals surface area contributed by atoms with E-state index < -0.39 is 0 Å². The van der Waals surface area contributed by atoms with Crippen molar-refractivity contribution in [1.29, 1.82) is 0 Å². The summed E-state index contributed by atoms with van der Waals surface area (Å²) in [5.41, 5.74) is 0.900. The number of likely N-dealkylation sites (N-methyl/N-ethyl adjacent to an activating group) is 1. The van der Waals surface area contributed by atoms with Gasteiger partial charge in [0, 0.05) is 26.2 Å². The monoisotopic (exact) mass is 279 g/mol. The van der Waals surface area contributed by atoms with Gasteiger partial charge >= 0.3 is 0 Å². The van der Waals surface area contributed by atoms with Crippen LogP contribution in [0.5, 0.6) is 0 Å².